The SMILES string of the molecule is O=C(O)CNC(=O)c1ccc(NC(=O)N2C3CCC2CC(OCc2c(-c4c(Cl)cccc4Cl)noc2C2CC2)C3)cc1. The standard InChI is InChI=1S/C30H30Cl2N4O6/c31-23-2-1-3-24(32)26(23)27-22(28(42-35-27)16-4-5-16)15-41-21-12-19-10-11-20(13-21)36(19)30(40)34-18-8-6-17(7-9-18)29(39)33-14-25(37)38/h1-3,6-9,16,19-21H,4-5,10-15H2,(H,33,39)(H,34,40)(H,37,38). The number of aliphatic carboxylic acids is 1. The lowest BCUT2D eigenvalue weighted by Gasteiger charge is -2.38. The van der Waals surface area contributed by atoms with Gasteiger partial charge in [-0.3, -0.25) is 9.59 Å². The van der Waals surface area contributed by atoms with Gasteiger partial charge in [-0.05, 0) is 74.9 Å². The van der Waals surface area contributed by atoms with Gasteiger partial charge >= 0.3 is 12.0 Å². The Labute approximate surface area is 252 Å². The highest BCUT2D eigenvalue weighted by atomic mass is 35.5. The fourth-order valence-electron chi connectivity index (χ4n) is 6.00. The van der Waals surface area contributed by atoms with Gasteiger partial charge in [-0.2, -0.15) is 0 Å². The quantitative estimate of drug-likeness (QED) is 0.266. The van der Waals surface area contributed by atoms with Crippen LogP contribution in [-0.4, -0.2) is 57.8 Å². The average molecular weight is 613 g/mol. The average Bonchev–Trinajstić information content (AvgIpc) is 3.67. The second kappa shape index (κ2) is 11.9. The number of nitrogens with zero attached hydrogens (tertiary/aromatic N) is 2. The van der Waals surface area contributed by atoms with Crippen molar-refractivity contribution in [1.29, 1.82) is 0 Å². The molecule has 12 heteroatoms. The number of carboxylic acids is 1. The van der Waals surface area contributed by atoms with E-state index in [1.165, 1.54) is 0 Å². The lowest BCUT2D eigenvalue weighted by Crippen LogP contribution is -2.50. The Morgan fingerprint density at radius 2 is 1.67 bits per heavy atom. The van der Waals surface area contributed by atoms with E-state index in [1.54, 1.807) is 42.5 Å². The normalized spacial score (nSPS) is 21.3. The summed E-state index contributed by atoms with van der Waals surface area (Å²) in [5.41, 5.74) is 3.02. The minimum Gasteiger partial charge on any atom is -0.480 e. The predicted molar refractivity (Wildman–Crippen MR) is 156 cm³/mol. The maximum absolute atomic E-state index is 13.3. The van der Waals surface area contributed by atoms with Crippen LogP contribution in [0, 0.1) is 0 Å². The summed E-state index contributed by atoms with van der Waals surface area (Å²) in [7, 11) is 0. The van der Waals surface area contributed by atoms with Crippen molar-refractivity contribution < 1.29 is 28.8 Å². The zero-order chi connectivity index (χ0) is 29.4. The van der Waals surface area contributed by atoms with E-state index >= 15 is 0 Å². The Balaban J connectivity index is 1.08. The Bertz CT molecular complexity index is 1470. The van der Waals surface area contributed by atoms with E-state index in [9.17, 15) is 14.4 Å². The first kappa shape index (κ1) is 28.5. The molecule has 2 unspecified atom stereocenters. The number of nitrogens with one attached hydrogen (secondary N) is 2. The first-order chi connectivity index (χ1) is 20.3. The van der Waals surface area contributed by atoms with Crippen molar-refractivity contribution in [2.24, 2.45) is 0 Å². The summed E-state index contributed by atoms with van der Waals surface area (Å²) >= 11 is 13.0. The van der Waals surface area contributed by atoms with Gasteiger partial charge in [-0.1, -0.05) is 34.4 Å². The smallest absolute Gasteiger partial charge is 0.322 e. The third kappa shape index (κ3) is 5.97. The fraction of sp³-hybridized carbons (Fsp3) is 0.400. The molecule has 2 atom stereocenters. The highest BCUT2D eigenvalue weighted by Crippen LogP contribution is 2.46. The van der Waals surface area contributed by atoms with Crippen molar-refractivity contribution in [3.8, 4) is 11.3 Å². The summed E-state index contributed by atoms with van der Waals surface area (Å²) in [4.78, 5) is 37.9. The number of benzene rings is 2. The van der Waals surface area contributed by atoms with Crippen molar-refractivity contribution in [1.82, 2.24) is 15.4 Å². The molecule has 3 aliphatic rings. The monoisotopic (exact) mass is 612 g/mol. The summed E-state index contributed by atoms with van der Waals surface area (Å²) < 4.78 is 12.2. The van der Waals surface area contributed by atoms with Gasteiger partial charge < -0.3 is 29.9 Å². The van der Waals surface area contributed by atoms with Crippen LogP contribution < -0.4 is 10.6 Å². The minimum absolute atomic E-state index is 0.0216. The van der Waals surface area contributed by atoms with Gasteiger partial charge in [-0.15, -0.1) is 0 Å². The number of urea groups is 1. The Morgan fingerprint density at radius 3 is 2.29 bits per heavy atom. The van der Waals surface area contributed by atoms with Crippen LogP contribution in [-0.2, 0) is 16.1 Å². The molecule has 3 fully saturated rings. The number of piperidine rings is 1. The van der Waals surface area contributed by atoms with Crippen molar-refractivity contribution in [2.45, 2.75) is 69.2 Å². The number of carbonyl (C=O) groups is 3. The van der Waals surface area contributed by atoms with Crippen LogP contribution in [0.1, 0.15) is 66.1 Å². The van der Waals surface area contributed by atoms with Crippen LogP contribution in [0.4, 0.5) is 10.5 Å². The number of rotatable bonds is 9. The second-order valence-corrected chi connectivity index (χ2v) is 11.8. The zero-order valence-corrected chi connectivity index (χ0v) is 24.2. The highest BCUT2D eigenvalue weighted by molar-refractivity contribution is 6.39. The van der Waals surface area contributed by atoms with Crippen molar-refractivity contribution >= 4 is 46.8 Å². The molecule has 42 heavy (non-hydrogen) atoms. The van der Waals surface area contributed by atoms with E-state index in [0.29, 0.717) is 45.1 Å². The number of anilines is 1. The molecule has 2 saturated heterocycles. The molecule has 220 valence electrons. The number of fused-ring (bicyclic) bond motifs is 2. The molecule has 1 aliphatic carbocycles. The highest BCUT2D eigenvalue weighted by Gasteiger charge is 2.44. The zero-order valence-electron chi connectivity index (χ0n) is 22.6. The van der Waals surface area contributed by atoms with E-state index in [2.05, 4.69) is 15.8 Å². The molecule has 0 spiro atoms. The fourth-order valence-corrected chi connectivity index (χ4v) is 6.57. The number of hydrogen-bond acceptors (Lipinski definition) is 6. The summed E-state index contributed by atoms with van der Waals surface area (Å²) in [6.07, 6.45) is 5.33. The molecule has 1 saturated carbocycles. The lowest BCUT2D eigenvalue weighted by atomic mass is 9.99. The van der Waals surface area contributed by atoms with Gasteiger partial charge in [0, 0.05) is 40.4 Å². The third-order valence-corrected chi connectivity index (χ3v) is 8.78. The van der Waals surface area contributed by atoms with Gasteiger partial charge in [0.05, 0.1) is 22.8 Å². The molecule has 3 aromatic rings. The largest absolute Gasteiger partial charge is 0.480 e. The van der Waals surface area contributed by atoms with Gasteiger partial charge in [0.2, 0.25) is 0 Å². The maximum atomic E-state index is 13.3. The van der Waals surface area contributed by atoms with Crippen molar-refractivity contribution in [3.05, 3.63) is 69.4 Å². The molecule has 3 heterocycles. The topological polar surface area (TPSA) is 134 Å². The van der Waals surface area contributed by atoms with Crippen molar-refractivity contribution in [2.75, 3.05) is 11.9 Å². The van der Waals surface area contributed by atoms with E-state index in [-0.39, 0.29) is 24.2 Å². The number of ether oxygens (including phenoxy) is 1. The number of aromatic nitrogens is 1. The molecule has 6 rings (SSSR count). The molecule has 3 N–H and O–H groups in total. The summed E-state index contributed by atoms with van der Waals surface area (Å²) in [6, 6.07) is 11.6. The molecule has 10 nitrogen and oxygen atoms in total. The van der Waals surface area contributed by atoms with Gasteiger partial charge in [-0.25, -0.2) is 4.79 Å². The summed E-state index contributed by atoms with van der Waals surface area (Å²) in [6.45, 7) is -0.133. The number of halogens is 2. The first-order valence-electron chi connectivity index (χ1n) is 14.0. The van der Waals surface area contributed by atoms with Gasteiger partial charge in [0.1, 0.15) is 18.0 Å². The van der Waals surface area contributed by atoms with Gasteiger partial charge in [0.25, 0.3) is 5.91 Å². The molecule has 0 radical (unpaired) electrons. The number of carbonyl (C=O) groups excluding carboxylic acids is 2. The van der Waals surface area contributed by atoms with Crippen LogP contribution in [0.3, 0.4) is 0 Å². The molecule has 2 aliphatic heterocycles. The van der Waals surface area contributed by atoms with Crippen LogP contribution in [0.15, 0.2) is 47.0 Å². The van der Waals surface area contributed by atoms with Crippen LogP contribution >= 0.6 is 23.2 Å². The van der Waals surface area contributed by atoms with Crippen molar-refractivity contribution in [3.63, 3.8) is 0 Å². The molecule has 3 amide bonds. The van der Waals surface area contributed by atoms with Crippen LogP contribution in [0.5, 0.6) is 0 Å². The minimum atomic E-state index is -1.12. The number of hydrogen-bond donors (Lipinski definition) is 3. The Hall–Kier alpha value is -3.60. The summed E-state index contributed by atoms with van der Waals surface area (Å²) in [5.74, 6) is -0.440. The van der Waals surface area contributed by atoms with Crippen LogP contribution in [0.2, 0.25) is 10.0 Å². The lowest BCUT2D eigenvalue weighted by molar-refractivity contribution is -0.135. The second-order valence-electron chi connectivity index (χ2n) is 11.0. The number of amides is 3. The van der Waals surface area contributed by atoms with E-state index in [0.717, 1.165) is 49.8 Å². The van der Waals surface area contributed by atoms with Gasteiger partial charge in [0.15, 0.2) is 0 Å². The third-order valence-electron chi connectivity index (χ3n) is 8.15. The maximum Gasteiger partial charge on any atom is 0.322 e. The molecule has 2 aromatic carbocycles. The molecule has 1 aromatic heterocycles. The van der Waals surface area contributed by atoms with E-state index < -0.39 is 18.4 Å². The van der Waals surface area contributed by atoms with Crippen LogP contribution in [0.25, 0.3) is 11.3 Å². The Morgan fingerprint density at radius 1 is 1.00 bits per heavy atom. The Kier molecular flexibility index (Phi) is 8.11. The first-order valence-corrected chi connectivity index (χ1v) is 14.8. The summed E-state index contributed by atoms with van der Waals surface area (Å²) in [5, 5.41) is 19.3. The number of carboxylic acid groups (broad SMARTS) is 1. The molecular weight excluding hydrogens is 583 g/mol. The molecular formula is C30H30Cl2N4O6. The van der Waals surface area contributed by atoms with E-state index in [4.69, 9.17) is 37.6 Å². The predicted octanol–water partition coefficient (Wildman–Crippen LogP) is 6.08. The molecule has 2 bridgehead atoms. The van der Waals surface area contributed by atoms with E-state index in [1.807, 2.05) is 4.90 Å².